The average molecular weight is 504 g/mol. The van der Waals surface area contributed by atoms with Crippen molar-refractivity contribution in [3.8, 4) is 11.3 Å². The van der Waals surface area contributed by atoms with Crippen LogP contribution in [0.4, 0.5) is 0 Å². The predicted molar refractivity (Wildman–Crippen MR) is 135 cm³/mol. The Hall–Kier alpha value is -4.30. The van der Waals surface area contributed by atoms with Crippen molar-refractivity contribution in [3.63, 3.8) is 0 Å². The highest BCUT2D eigenvalue weighted by molar-refractivity contribution is 6.34. The number of fused-ring (bicyclic) bond motifs is 1. The number of methoxy groups -OCH3 is 1. The molecule has 4 aromatic rings. The van der Waals surface area contributed by atoms with E-state index < -0.39 is 17.8 Å². The van der Waals surface area contributed by atoms with Crippen LogP contribution >= 0.6 is 11.6 Å². The molecule has 9 heteroatoms. The maximum absolute atomic E-state index is 13.6. The number of aromatic nitrogens is 2. The fourth-order valence-electron chi connectivity index (χ4n) is 3.82. The molecule has 0 atom stereocenters. The second-order valence-electron chi connectivity index (χ2n) is 8.18. The number of nitrogens with one attached hydrogen (secondary N) is 1. The van der Waals surface area contributed by atoms with E-state index in [2.05, 4.69) is 10.4 Å². The van der Waals surface area contributed by atoms with E-state index in [9.17, 15) is 19.2 Å². The Morgan fingerprint density at radius 3 is 2.33 bits per heavy atom. The van der Waals surface area contributed by atoms with Gasteiger partial charge >= 0.3 is 5.97 Å². The van der Waals surface area contributed by atoms with E-state index in [1.165, 1.54) is 18.7 Å². The zero-order chi connectivity index (χ0) is 26.0. The summed E-state index contributed by atoms with van der Waals surface area (Å²) in [6.07, 6.45) is 0. The smallest absolute Gasteiger partial charge is 0.337 e. The number of Topliss-reactive ketones (excluding diaryl/α,β-unsaturated/α-hetero) is 1. The van der Waals surface area contributed by atoms with E-state index in [1.807, 2.05) is 0 Å². The number of halogens is 1. The first kappa shape index (κ1) is 24.8. The second-order valence-corrected chi connectivity index (χ2v) is 8.59. The third-order valence-electron chi connectivity index (χ3n) is 5.65. The minimum Gasteiger partial charge on any atom is -0.465 e. The maximum Gasteiger partial charge on any atom is 0.337 e. The molecule has 4 rings (SSSR count). The van der Waals surface area contributed by atoms with E-state index in [0.29, 0.717) is 38.9 Å². The molecule has 0 aliphatic heterocycles. The Kier molecular flexibility index (Phi) is 6.98. The minimum atomic E-state index is -0.470. The number of esters is 1. The number of carbonyl (C=O) groups is 4. The first-order valence-corrected chi connectivity index (χ1v) is 11.4. The fourth-order valence-corrected chi connectivity index (χ4v) is 4.12. The minimum absolute atomic E-state index is 0.105. The van der Waals surface area contributed by atoms with Crippen molar-refractivity contribution in [2.75, 3.05) is 13.7 Å². The number of hydrogen-bond donors (Lipinski definition) is 1. The summed E-state index contributed by atoms with van der Waals surface area (Å²) < 4.78 is 5.97. The molecule has 0 spiro atoms. The summed E-state index contributed by atoms with van der Waals surface area (Å²) >= 11 is 6.36. The van der Waals surface area contributed by atoms with Crippen molar-refractivity contribution in [1.82, 2.24) is 15.1 Å². The van der Waals surface area contributed by atoms with Gasteiger partial charge in [-0.15, -0.1) is 0 Å². The lowest BCUT2D eigenvalue weighted by Gasteiger charge is -2.08. The van der Waals surface area contributed by atoms with Gasteiger partial charge in [0.2, 0.25) is 0 Å². The van der Waals surface area contributed by atoms with E-state index in [-0.39, 0.29) is 22.9 Å². The van der Waals surface area contributed by atoms with E-state index >= 15 is 0 Å². The Balaban J connectivity index is 1.88. The van der Waals surface area contributed by atoms with Gasteiger partial charge in [-0.3, -0.25) is 14.4 Å². The normalized spacial score (nSPS) is 10.8. The van der Waals surface area contributed by atoms with Gasteiger partial charge in [0.25, 0.3) is 11.8 Å². The first-order valence-electron chi connectivity index (χ1n) is 11.0. The number of hydrogen-bond acceptors (Lipinski definition) is 6. The van der Waals surface area contributed by atoms with E-state index in [4.69, 9.17) is 16.3 Å². The first-order chi connectivity index (χ1) is 17.2. The molecule has 36 heavy (non-hydrogen) atoms. The third kappa shape index (κ3) is 4.76. The van der Waals surface area contributed by atoms with Crippen molar-refractivity contribution in [2.24, 2.45) is 0 Å². The molecule has 182 valence electrons. The quantitative estimate of drug-likeness (QED) is 0.389. The predicted octanol–water partition coefficient (Wildman–Crippen LogP) is 4.46. The Labute approximate surface area is 211 Å². The molecular formula is C27H22ClN3O5. The van der Waals surface area contributed by atoms with Crippen molar-refractivity contribution in [1.29, 1.82) is 0 Å². The highest BCUT2D eigenvalue weighted by Crippen LogP contribution is 2.31. The number of aryl methyl sites for hydroxylation is 1. The maximum atomic E-state index is 13.6. The van der Waals surface area contributed by atoms with Gasteiger partial charge in [0.15, 0.2) is 0 Å². The van der Waals surface area contributed by atoms with Gasteiger partial charge in [-0.1, -0.05) is 35.9 Å². The summed E-state index contributed by atoms with van der Waals surface area (Å²) in [4.78, 5) is 49.4. The Bertz CT molecular complexity index is 1500. The van der Waals surface area contributed by atoms with E-state index in [1.54, 1.807) is 67.6 Å². The van der Waals surface area contributed by atoms with Crippen LogP contribution in [0.25, 0.3) is 22.2 Å². The van der Waals surface area contributed by atoms with Crippen LogP contribution in [-0.2, 0) is 9.53 Å². The van der Waals surface area contributed by atoms with Crippen LogP contribution < -0.4 is 5.32 Å². The lowest BCUT2D eigenvalue weighted by atomic mass is 10.0. The van der Waals surface area contributed by atoms with Gasteiger partial charge in [0.05, 0.1) is 35.3 Å². The molecule has 3 aromatic carbocycles. The molecule has 1 aromatic heterocycles. The molecule has 0 radical (unpaired) electrons. The van der Waals surface area contributed by atoms with Crippen molar-refractivity contribution >= 4 is 46.1 Å². The molecule has 0 aliphatic carbocycles. The molecule has 0 aliphatic rings. The van der Waals surface area contributed by atoms with Crippen LogP contribution in [0.5, 0.6) is 0 Å². The van der Waals surface area contributed by atoms with Gasteiger partial charge in [-0.25, -0.2) is 4.79 Å². The molecule has 0 saturated carbocycles. The van der Waals surface area contributed by atoms with Crippen LogP contribution in [0.3, 0.4) is 0 Å². The summed E-state index contributed by atoms with van der Waals surface area (Å²) in [5, 5.41) is 8.04. The zero-order valence-corrected chi connectivity index (χ0v) is 20.6. The van der Waals surface area contributed by atoms with Crippen molar-refractivity contribution in [3.05, 3.63) is 87.9 Å². The summed E-state index contributed by atoms with van der Waals surface area (Å²) in [6, 6.07) is 16.6. The third-order valence-corrected chi connectivity index (χ3v) is 5.96. The monoisotopic (exact) mass is 503 g/mol. The van der Waals surface area contributed by atoms with Crippen LogP contribution in [0.2, 0.25) is 5.02 Å². The summed E-state index contributed by atoms with van der Waals surface area (Å²) in [5.74, 6) is -1.56. The molecule has 1 heterocycles. The lowest BCUT2D eigenvalue weighted by Crippen LogP contribution is -2.28. The zero-order valence-electron chi connectivity index (χ0n) is 19.8. The number of benzene rings is 3. The van der Waals surface area contributed by atoms with Crippen molar-refractivity contribution in [2.45, 2.75) is 13.8 Å². The van der Waals surface area contributed by atoms with Crippen LogP contribution in [-0.4, -0.2) is 47.0 Å². The highest BCUT2D eigenvalue weighted by Gasteiger charge is 2.23. The number of rotatable bonds is 6. The van der Waals surface area contributed by atoms with Crippen LogP contribution in [0.15, 0.2) is 60.7 Å². The topological polar surface area (TPSA) is 107 Å². The SMILES string of the molecule is COC(=O)c1ccc(-c2nn(C(=O)c3c(C)cccc3Cl)c3cc(C(=O)NCC(C)=O)ccc23)cc1. The standard InChI is InChI=1S/C27H22ClN3O5/c1-15-5-4-6-21(28)23(15)26(34)31-22-13-19(25(33)29-14-16(2)32)11-12-20(22)24(30-31)17-7-9-18(10-8-17)27(35)36-3/h4-13H,14H2,1-3H3,(H,29,33). The van der Waals surface area contributed by atoms with Gasteiger partial charge in [-0.2, -0.15) is 9.78 Å². The van der Waals surface area contributed by atoms with Gasteiger partial charge in [0, 0.05) is 16.5 Å². The largest absolute Gasteiger partial charge is 0.465 e. The number of ether oxygens (including phenoxy) is 1. The molecule has 0 bridgehead atoms. The van der Waals surface area contributed by atoms with Gasteiger partial charge in [-0.05, 0) is 55.8 Å². The number of nitrogens with zero attached hydrogens (tertiary/aromatic N) is 2. The fraction of sp³-hybridized carbons (Fsp3) is 0.148. The van der Waals surface area contributed by atoms with Crippen LogP contribution in [0.1, 0.15) is 43.6 Å². The van der Waals surface area contributed by atoms with Crippen LogP contribution in [0, 0.1) is 6.92 Å². The summed E-state index contributed by atoms with van der Waals surface area (Å²) in [7, 11) is 1.30. The molecule has 0 unspecified atom stereocenters. The number of carbonyl (C=O) groups excluding carboxylic acids is 4. The Morgan fingerprint density at radius 1 is 1.00 bits per heavy atom. The second kappa shape index (κ2) is 10.1. The molecule has 8 nitrogen and oxygen atoms in total. The lowest BCUT2D eigenvalue weighted by molar-refractivity contribution is -0.116. The number of amides is 1. The van der Waals surface area contributed by atoms with Crippen molar-refractivity contribution < 1.29 is 23.9 Å². The molecule has 1 amide bonds. The summed E-state index contributed by atoms with van der Waals surface area (Å²) in [6.45, 7) is 3.05. The Morgan fingerprint density at radius 2 is 1.69 bits per heavy atom. The van der Waals surface area contributed by atoms with Gasteiger partial charge < -0.3 is 10.1 Å². The highest BCUT2D eigenvalue weighted by atomic mass is 35.5. The number of ketones is 1. The summed E-state index contributed by atoms with van der Waals surface area (Å²) in [5.41, 5.74) is 3.14. The van der Waals surface area contributed by atoms with E-state index in [0.717, 1.165) is 0 Å². The molecular weight excluding hydrogens is 482 g/mol. The van der Waals surface area contributed by atoms with Gasteiger partial charge in [0.1, 0.15) is 11.5 Å². The molecule has 1 N–H and O–H groups in total. The molecule has 0 fully saturated rings. The average Bonchev–Trinajstić information content (AvgIpc) is 3.25. The molecule has 0 saturated heterocycles.